The molecule has 1 saturated heterocycles. The van der Waals surface area contributed by atoms with Gasteiger partial charge >= 0.3 is 0 Å². The van der Waals surface area contributed by atoms with Crippen molar-refractivity contribution in [3.8, 4) is 28.4 Å². The van der Waals surface area contributed by atoms with Gasteiger partial charge in [0.2, 0.25) is 0 Å². The summed E-state index contributed by atoms with van der Waals surface area (Å²) in [5.41, 5.74) is 11.6. The maximum absolute atomic E-state index is 10.4. The quantitative estimate of drug-likeness (QED) is 0.203. The van der Waals surface area contributed by atoms with E-state index in [1.165, 1.54) is 30.4 Å². The molecule has 2 aromatic heterocycles. The van der Waals surface area contributed by atoms with E-state index in [4.69, 9.17) is 43.5 Å². The molecule has 0 spiro atoms. The van der Waals surface area contributed by atoms with Crippen molar-refractivity contribution in [2.45, 2.75) is 50.4 Å². The molecule has 4 aromatic rings. The number of fused-ring (bicyclic) bond motifs is 1. The number of benzene rings is 2. The summed E-state index contributed by atoms with van der Waals surface area (Å²) in [5.74, 6) is 3.31. The molecule has 8 nitrogen and oxygen atoms in total. The Kier molecular flexibility index (Phi) is 7.52. The normalized spacial score (nSPS) is 18.7. The van der Waals surface area contributed by atoms with Gasteiger partial charge in [0.05, 0.1) is 22.8 Å². The molecule has 0 atom stereocenters. The van der Waals surface area contributed by atoms with Crippen LogP contribution in [0.15, 0.2) is 42.7 Å². The van der Waals surface area contributed by atoms with Gasteiger partial charge in [-0.1, -0.05) is 42.1 Å². The van der Waals surface area contributed by atoms with Crippen molar-refractivity contribution in [3.63, 3.8) is 0 Å². The highest BCUT2D eigenvalue weighted by Gasteiger charge is 2.36. The largest absolute Gasteiger partial charge is 0.493 e. The molecule has 0 radical (unpaired) electrons. The van der Waals surface area contributed by atoms with Gasteiger partial charge < -0.3 is 15.2 Å². The van der Waals surface area contributed by atoms with E-state index in [1.807, 2.05) is 22.7 Å². The summed E-state index contributed by atoms with van der Waals surface area (Å²) in [6.45, 7) is 0. The monoisotopic (exact) mass is 602 g/mol. The minimum Gasteiger partial charge on any atom is -0.493 e. The van der Waals surface area contributed by atoms with Gasteiger partial charge in [-0.05, 0) is 67.0 Å². The standard InChI is InChI=1S/C29H32Cl2N4O4S/c1-38-24-14-19(6-9-23(24)39-20-7-8-21(30)22(31)15-20)26-25(17-10-12-40(36,37)13-11-17)27(18-4-2-3-5-18)35-28(26)29(32)33-16-34-35/h6-9,14-18,36-37H,2-5,10-13H2,1H3,(H2,32,33,34). The molecule has 212 valence electrons. The summed E-state index contributed by atoms with van der Waals surface area (Å²) in [4.78, 5) is 4.36. The fourth-order valence-electron chi connectivity index (χ4n) is 6.22. The lowest BCUT2D eigenvalue weighted by Crippen LogP contribution is -2.20. The molecule has 40 heavy (non-hydrogen) atoms. The maximum Gasteiger partial charge on any atom is 0.169 e. The molecule has 0 amide bonds. The highest BCUT2D eigenvalue weighted by atomic mass is 35.5. The first-order chi connectivity index (χ1) is 19.3. The van der Waals surface area contributed by atoms with Crippen LogP contribution >= 0.6 is 33.8 Å². The lowest BCUT2D eigenvalue weighted by molar-refractivity contribution is 0.379. The van der Waals surface area contributed by atoms with Gasteiger partial charge in [0.1, 0.15) is 17.6 Å². The number of rotatable bonds is 6. The highest BCUT2D eigenvalue weighted by Crippen LogP contribution is 2.54. The number of aromatic nitrogens is 3. The predicted molar refractivity (Wildman–Crippen MR) is 162 cm³/mol. The molecule has 3 heterocycles. The molecule has 4 N–H and O–H groups in total. The number of hydrogen-bond acceptors (Lipinski definition) is 7. The third kappa shape index (κ3) is 5.10. The zero-order valence-electron chi connectivity index (χ0n) is 22.1. The van der Waals surface area contributed by atoms with Gasteiger partial charge in [-0.3, -0.25) is 9.11 Å². The Bertz CT molecular complexity index is 1560. The van der Waals surface area contributed by atoms with Crippen LogP contribution in [0.25, 0.3) is 16.6 Å². The lowest BCUT2D eigenvalue weighted by atomic mass is 9.84. The third-order valence-electron chi connectivity index (χ3n) is 8.14. The number of methoxy groups -OCH3 is 1. The molecule has 1 saturated carbocycles. The number of ether oxygens (including phenoxy) is 2. The molecule has 0 unspecified atom stereocenters. The van der Waals surface area contributed by atoms with Crippen LogP contribution in [0.3, 0.4) is 0 Å². The van der Waals surface area contributed by atoms with Crippen molar-refractivity contribution in [2.24, 2.45) is 0 Å². The summed E-state index contributed by atoms with van der Waals surface area (Å²) in [6.07, 6.45) is 7.42. The summed E-state index contributed by atoms with van der Waals surface area (Å²) < 4.78 is 34.7. The van der Waals surface area contributed by atoms with Gasteiger partial charge in [-0.2, -0.15) is 15.7 Å². The van der Waals surface area contributed by atoms with E-state index >= 15 is 0 Å². The second-order valence-corrected chi connectivity index (χ2v) is 13.8. The summed E-state index contributed by atoms with van der Waals surface area (Å²) in [5, 5.41) is 5.55. The predicted octanol–water partition coefficient (Wildman–Crippen LogP) is 8.37. The molecule has 11 heteroatoms. The van der Waals surface area contributed by atoms with E-state index in [0.717, 1.165) is 29.5 Å². The first kappa shape index (κ1) is 27.5. The topological polar surface area (TPSA) is 115 Å². The van der Waals surface area contributed by atoms with Crippen LogP contribution in [0.1, 0.15) is 61.6 Å². The van der Waals surface area contributed by atoms with Crippen LogP contribution in [-0.4, -0.2) is 42.3 Å². The van der Waals surface area contributed by atoms with Crippen molar-refractivity contribution in [2.75, 3.05) is 24.3 Å². The Hall–Kier alpha value is -2.69. The first-order valence-electron chi connectivity index (χ1n) is 13.5. The molecule has 2 aliphatic rings. The SMILES string of the molecule is COc1cc(-c2c(C3CCS(O)(O)CC3)c(C3CCCC3)n3ncnc(N)c23)ccc1Oc1ccc(Cl)c(Cl)c1. The van der Waals surface area contributed by atoms with E-state index in [1.54, 1.807) is 25.3 Å². The molecule has 1 aliphatic carbocycles. The smallest absolute Gasteiger partial charge is 0.169 e. The number of nitrogens with two attached hydrogens (primary N) is 1. The maximum atomic E-state index is 10.4. The zero-order chi connectivity index (χ0) is 28.0. The molecular formula is C29H32Cl2N4O4S. The number of nitrogen functional groups attached to an aromatic ring is 1. The molecule has 0 bridgehead atoms. The average molecular weight is 604 g/mol. The fraction of sp³-hybridized carbons (Fsp3) is 0.379. The Morgan fingerprint density at radius 3 is 2.40 bits per heavy atom. The zero-order valence-corrected chi connectivity index (χ0v) is 24.5. The summed E-state index contributed by atoms with van der Waals surface area (Å²) in [7, 11) is -0.933. The number of anilines is 1. The number of nitrogens with zero attached hydrogens (tertiary/aromatic N) is 3. The third-order valence-corrected chi connectivity index (χ3v) is 10.7. The van der Waals surface area contributed by atoms with Crippen LogP contribution in [0.5, 0.6) is 17.2 Å². The number of halogens is 2. The van der Waals surface area contributed by atoms with Crippen LogP contribution in [-0.2, 0) is 0 Å². The lowest BCUT2D eigenvalue weighted by Gasteiger charge is -2.39. The van der Waals surface area contributed by atoms with Crippen molar-refractivity contribution >= 4 is 45.1 Å². The summed E-state index contributed by atoms with van der Waals surface area (Å²) >= 11 is 12.3. The van der Waals surface area contributed by atoms with E-state index in [2.05, 4.69) is 4.98 Å². The molecule has 1 aliphatic heterocycles. The average Bonchev–Trinajstić information content (AvgIpc) is 3.58. The molecule has 6 rings (SSSR count). The number of hydrogen-bond donors (Lipinski definition) is 3. The molecular weight excluding hydrogens is 571 g/mol. The van der Waals surface area contributed by atoms with Gasteiger partial charge in [0.15, 0.2) is 17.3 Å². The summed E-state index contributed by atoms with van der Waals surface area (Å²) in [6, 6.07) is 10.9. The minimum absolute atomic E-state index is 0.143. The van der Waals surface area contributed by atoms with Gasteiger partial charge in [-0.15, -0.1) is 0 Å². The van der Waals surface area contributed by atoms with Crippen molar-refractivity contribution in [1.82, 2.24) is 14.6 Å². The Morgan fingerprint density at radius 1 is 0.950 bits per heavy atom. The highest BCUT2D eigenvalue weighted by molar-refractivity contribution is 8.24. The van der Waals surface area contributed by atoms with E-state index in [0.29, 0.717) is 63.4 Å². The van der Waals surface area contributed by atoms with E-state index in [9.17, 15) is 9.11 Å². The molecule has 2 aromatic carbocycles. The van der Waals surface area contributed by atoms with Crippen LogP contribution in [0, 0.1) is 0 Å². The second-order valence-electron chi connectivity index (χ2n) is 10.6. The van der Waals surface area contributed by atoms with Crippen LogP contribution in [0.2, 0.25) is 10.0 Å². The van der Waals surface area contributed by atoms with Gasteiger partial charge in [0.25, 0.3) is 0 Å². The second kappa shape index (κ2) is 10.9. The Balaban J connectivity index is 1.51. The first-order valence-corrected chi connectivity index (χ1v) is 16.1. The minimum atomic E-state index is -2.54. The van der Waals surface area contributed by atoms with E-state index < -0.39 is 10.6 Å². The van der Waals surface area contributed by atoms with E-state index in [-0.39, 0.29) is 5.92 Å². The van der Waals surface area contributed by atoms with Gasteiger partial charge in [0, 0.05) is 29.1 Å². The Labute approximate surface area is 244 Å². The van der Waals surface area contributed by atoms with Crippen LogP contribution in [0.4, 0.5) is 5.82 Å². The van der Waals surface area contributed by atoms with Gasteiger partial charge in [-0.25, -0.2) is 9.50 Å². The van der Waals surface area contributed by atoms with Crippen molar-refractivity contribution in [1.29, 1.82) is 0 Å². The fourth-order valence-corrected chi connectivity index (χ4v) is 8.04. The Morgan fingerprint density at radius 2 is 1.70 bits per heavy atom. The van der Waals surface area contributed by atoms with Crippen molar-refractivity contribution in [3.05, 3.63) is 64.0 Å². The molecule has 2 fully saturated rings. The van der Waals surface area contributed by atoms with Crippen molar-refractivity contribution < 1.29 is 18.6 Å². The van der Waals surface area contributed by atoms with Crippen LogP contribution < -0.4 is 15.2 Å².